The van der Waals surface area contributed by atoms with Gasteiger partial charge in [0.2, 0.25) is 0 Å². The van der Waals surface area contributed by atoms with Gasteiger partial charge in [-0.2, -0.15) is 0 Å². The van der Waals surface area contributed by atoms with Crippen molar-refractivity contribution >= 4 is 12.4 Å². The summed E-state index contributed by atoms with van der Waals surface area (Å²) in [5, 5.41) is 46.0. The number of rotatable bonds is 5. The monoisotopic (exact) mass is 271 g/mol. The third-order valence-corrected chi connectivity index (χ3v) is 3.07. The molecule has 0 aromatic carbocycles. The molecule has 0 saturated carbocycles. The molecule has 17 heavy (non-hydrogen) atoms. The van der Waals surface area contributed by atoms with Crippen LogP contribution in [0.15, 0.2) is 0 Å². The van der Waals surface area contributed by atoms with Gasteiger partial charge in [0.25, 0.3) is 0 Å². The molecule has 1 heterocycles. The maximum atomic E-state index is 9.55. The normalized spacial score (nSPS) is 29.5. The van der Waals surface area contributed by atoms with Crippen molar-refractivity contribution in [3.63, 3.8) is 0 Å². The number of nitrogens with zero attached hydrogens (tertiary/aromatic N) is 1. The number of β-amino-alcohol motifs (C(OH)–C–C–N with tert-alkyl or cyclic N) is 1. The minimum atomic E-state index is -1.16. The Bertz CT molecular complexity index is 209. The average molecular weight is 272 g/mol. The smallest absolute Gasteiger partial charge is 0.104 e. The Morgan fingerprint density at radius 1 is 1.18 bits per heavy atom. The Morgan fingerprint density at radius 3 is 2.35 bits per heavy atom. The van der Waals surface area contributed by atoms with E-state index >= 15 is 0 Å². The predicted octanol–water partition coefficient (Wildman–Crippen LogP) is -2.06. The van der Waals surface area contributed by atoms with Crippen LogP contribution in [0.2, 0.25) is 0 Å². The average Bonchev–Trinajstić information content (AvgIpc) is 2.30. The molecule has 0 aliphatic carbocycles. The van der Waals surface area contributed by atoms with E-state index in [-0.39, 0.29) is 31.6 Å². The van der Waals surface area contributed by atoms with Crippen LogP contribution in [-0.2, 0) is 0 Å². The first-order chi connectivity index (χ1) is 7.58. The highest BCUT2D eigenvalue weighted by atomic mass is 35.5. The Labute approximate surface area is 107 Å². The number of aliphatic hydroxyl groups excluding tert-OH is 5. The molecule has 1 saturated heterocycles. The summed E-state index contributed by atoms with van der Waals surface area (Å²) in [5.41, 5.74) is 0. The number of hydrogen-bond acceptors (Lipinski definition) is 6. The largest absolute Gasteiger partial charge is 0.395 e. The molecule has 4 atom stereocenters. The van der Waals surface area contributed by atoms with E-state index in [2.05, 4.69) is 0 Å². The first kappa shape index (κ1) is 17.1. The molecule has 0 amide bonds. The molecule has 0 unspecified atom stereocenters. The number of piperidine rings is 1. The van der Waals surface area contributed by atoms with Crippen molar-refractivity contribution in [2.75, 3.05) is 26.3 Å². The van der Waals surface area contributed by atoms with Crippen LogP contribution in [0.1, 0.15) is 12.8 Å². The van der Waals surface area contributed by atoms with Crippen LogP contribution in [0.3, 0.4) is 0 Å². The molecule has 1 aliphatic heterocycles. The second-order valence-corrected chi connectivity index (χ2v) is 4.33. The van der Waals surface area contributed by atoms with Gasteiger partial charge in [-0.3, -0.25) is 4.90 Å². The number of halogens is 1. The summed E-state index contributed by atoms with van der Waals surface area (Å²) >= 11 is 0. The van der Waals surface area contributed by atoms with Crippen molar-refractivity contribution in [3.8, 4) is 0 Å². The lowest BCUT2D eigenvalue weighted by atomic mass is 9.99. The first-order valence-corrected chi connectivity index (χ1v) is 5.58. The molecule has 104 valence electrons. The fraction of sp³-hybridized carbons (Fsp3) is 1.00. The Balaban J connectivity index is 0.00000256. The van der Waals surface area contributed by atoms with Crippen LogP contribution in [0.25, 0.3) is 0 Å². The zero-order valence-electron chi connectivity index (χ0n) is 9.64. The maximum Gasteiger partial charge on any atom is 0.104 e. The molecule has 7 heteroatoms. The number of hydrogen-bond donors (Lipinski definition) is 5. The van der Waals surface area contributed by atoms with Gasteiger partial charge in [-0.1, -0.05) is 0 Å². The second kappa shape index (κ2) is 8.20. The molecule has 0 radical (unpaired) electrons. The van der Waals surface area contributed by atoms with Crippen LogP contribution in [0.4, 0.5) is 0 Å². The van der Waals surface area contributed by atoms with Crippen LogP contribution >= 0.6 is 12.4 Å². The van der Waals surface area contributed by atoms with Crippen molar-refractivity contribution in [1.82, 2.24) is 4.90 Å². The maximum absolute atomic E-state index is 9.55. The fourth-order valence-corrected chi connectivity index (χ4v) is 1.99. The molecule has 1 aliphatic rings. The summed E-state index contributed by atoms with van der Waals surface area (Å²) in [7, 11) is 0. The van der Waals surface area contributed by atoms with Crippen LogP contribution in [0, 0.1) is 0 Å². The lowest BCUT2D eigenvalue weighted by molar-refractivity contribution is -0.0549. The lowest BCUT2D eigenvalue weighted by Crippen LogP contribution is -2.51. The van der Waals surface area contributed by atoms with E-state index in [0.29, 0.717) is 19.4 Å². The third kappa shape index (κ3) is 5.05. The Kier molecular flexibility index (Phi) is 8.23. The highest BCUT2D eigenvalue weighted by molar-refractivity contribution is 5.85. The van der Waals surface area contributed by atoms with Crippen LogP contribution in [0.5, 0.6) is 0 Å². The van der Waals surface area contributed by atoms with Gasteiger partial charge >= 0.3 is 0 Å². The van der Waals surface area contributed by atoms with Gasteiger partial charge in [0.05, 0.1) is 25.4 Å². The molecule has 1 fully saturated rings. The van der Waals surface area contributed by atoms with Gasteiger partial charge < -0.3 is 25.5 Å². The lowest BCUT2D eigenvalue weighted by Gasteiger charge is -2.38. The fourth-order valence-electron chi connectivity index (χ4n) is 1.99. The topological polar surface area (TPSA) is 104 Å². The summed E-state index contributed by atoms with van der Waals surface area (Å²) in [4.78, 5) is 1.83. The summed E-state index contributed by atoms with van der Waals surface area (Å²) in [6.07, 6.45) is -1.54. The molecule has 1 rings (SSSR count). The predicted molar refractivity (Wildman–Crippen MR) is 64.0 cm³/mol. The summed E-state index contributed by atoms with van der Waals surface area (Å²) < 4.78 is 0. The van der Waals surface area contributed by atoms with Gasteiger partial charge in [-0.15, -0.1) is 12.4 Å². The zero-order chi connectivity index (χ0) is 12.1. The van der Waals surface area contributed by atoms with Crippen LogP contribution in [-0.4, -0.2) is 81.1 Å². The van der Waals surface area contributed by atoms with Crippen molar-refractivity contribution in [2.24, 2.45) is 0 Å². The standard InChI is InChI=1S/C10H21NO5.ClH/c12-5-7-3-8(14)1-2-11(7)4-9(15)10(16)6-13;/h7-10,12-16H,1-6H2;1H/t7-,8+,9+,10+;/m1./s1. The van der Waals surface area contributed by atoms with E-state index in [1.165, 1.54) is 0 Å². The molecule has 6 nitrogen and oxygen atoms in total. The van der Waals surface area contributed by atoms with E-state index in [0.717, 1.165) is 0 Å². The summed E-state index contributed by atoms with van der Waals surface area (Å²) in [5.74, 6) is 0. The number of aliphatic hydroxyl groups is 5. The SMILES string of the molecule is Cl.OC[C@H]1C[C@@H](O)CCN1C[C@H](O)[C@@H](O)CO. The molecule has 0 spiro atoms. The minimum Gasteiger partial charge on any atom is -0.395 e. The van der Waals surface area contributed by atoms with E-state index in [1.807, 2.05) is 4.90 Å². The summed E-state index contributed by atoms with van der Waals surface area (Å²) in [6.45, 7) is 0.196. The first-order valence-electron chi connectivity index (χ1n) is 5.58. The van der Waals surface area contributed by atoms with Crippen molar-refractivity contribution in [1.29, 1.82) is 0 Å². The Hall–Kier alpha value is 0.0500. The van der Waals surface area contributed by atoms with Gasteiger partial charge in [0.1, 0.15) is 6.10 Å². The van der Waals surface area contributed by atoms with E-state index in [1.54, 1.807) is 0 Å². The molecular formula is C10H22ClNO5. The zero-order valence-corrected chi connectivity index (χ0v) is 10.5. The molecular weight excluding hydrogens is 250 g/mol. The van der Waals surface area contributed by atoms with Gasteiger partial charge in [0.15, 0.2) is 0 Å². The highest BCUT2D eigenvalue weighted by Gasteiger charge is 2.29. The van der Waals surface area contributed by atoms with E-state index in [9.17, 15) is 15.3 Å². The van der Waals surface area contributed by atoms with E-state index in [4.69, 9.17) is 10.2 Å². The van der Waals surface area contributed by atoms with Gasteiger partial charge in [-0.05, 0) is 12.8 Å². The molecule has 0 aromatic rings. The molecule has 5 N–H and O–H groups in total. The molecule has 0 aromatic heterocycles. The molecule has 0 bridgehead atoms. The van der Waals surface area contributed by atoms with Crippen molar-refractivity contribution < 1.29 is 25.5 Å². The minimum absolute atomic E-state index is 0. The highest BCUT2D eigenvalue weighted by Crippen LogP contribution is 2.17. The summed E-state index contributed by atoms with van der Waals surface area (Å²) in [6, 6.07) is -0.190. The van der Waals surface area contributed by atoms with Crippen LogP contribution < -0.4 is 0 Å². The van der Waals surface area contributed by atoms with Crippen molar-refractivity contribution in [2.45, 2.75) is 37.2 Å². The number of likely N-dealkylation sites (tertiary alicyclic amines) is 1. The van der Waals surface area contributed by atoms with Gasteiger partial charge in [-0.25, -0.2) is 0 Å². The quantitative estimate of drug-likeness (QED) is 0.394. The van der Waals surface area contributed by atoms with Crippen molar-refractivity contribution in [3.05, 3.63) is 0 Å². The Morgan fingerprint density at radius 2 is 1.82 bits per heavy atom. The van der Waals surface area contributed by atoms with Gasteiger partial charge in [0, 0.05) is 19.1 Å². The second-order valence-electron chi connectivity index (χ2n) is 4.33. The van der Waals surface area contributed by atoms with E-state index < -0.39 is 24.9 Å². The third-order valence-electron chi connectivity index (χ3n) is 3.07.